The number of hydrogen-bond acceptors (Lipinski definition) is 6. The van der Waals surface area contributed by atoms with Crippen LogP contribution in [0.4, 0.5) is 0 Å². The van der Waals surface area contributed by atoms with E-state index in [2.05, 4.69) is 0 Å². The van der Waals surface area contributed by atoms with Gasteiger partial charge in [-0.05, 0) is 18.2 Å². The first-order chi connectivity index (χ1) is 11.3. The summed E-state index contributed by atoms with van der Waals surface area (Å²) in [5, 5.41) is 38.8. The van der Waals surface area contributed by atoms with Crippen molar-refractivity contribution in [2.75, 3.05) is 6.61 Å². The van der Waals surface area contributed by atoms with E-state index >= 15 is 0 Å². The molecule has 9 heteroatoms. The number of ether oxygens (including phenoxy) is 1. The van der Waals surface area contributed by atoms with Gasteiger partial charge in [0.15, 0.2) is 6.23 Å². The largest absolute Gasteiger partial charge is 0.477 e. The fraction of sp³-hybridized carbons (Fsp3) is 0.333. The molecule has 1 saturated heterocycles. The Kier molecular flexibility index (Phi) is 4.33. The zero-order valence-corrected chi connectivity index (χ0v) is 12.9. The molecule has 2 heterocycles. The molecule has 0 aliphatic carbocycles. The molecule has 8 nitrogen and oxygen atoms in total. The first-order valence-electron chi connectivity index (χ1n) is 7.05. The number of aliphatic hydroxyl groups is 3. The van der Waals surface area contributed by atoms with Gasteiger partial charge in [-0.3, -0.25) is 4.79 Å². The van der Waals surface area contributed by atoms with Crippen molar-refractivity contribution in [1.29, 1.82) is 0 Å². The standard InChI is InChI=1S/C15H14ClNO7/c16-6-1-2-9-7(3-6)11(19)8(15(22)23)4-17(9)14-13(21)12(20)10(5-18)24-14/h1-4,10,12-14,18,20-21H,5H2,(H,22,23)/t10-,12-,13-,14?/m1/s1. The van der Waals surface area contributed by atoms with Crippen molar-refractivity contribution in [2.24, 2.45) is 0 Å². The number of rotatable bonds is 3. The number of fused-ring (bicyclic) bond motifs is 1. The normalized spacial score (nSPS) is 26.8. The number of hydrogen-bond donors (Lipinski definition) is 4. The van der Waals surface area contributed by atoms with Gasteiger partial charge in [-0.25, -0.2) is 4.79 Å². The number of aromatic nitrogens is 1. The molecule has 1 aliphatic rings. The fourth-order valence-corrected chi connectivity index (χ4v) is 2.97. The molecule has 4 N–H and O–H groups in total. The van der Waals surface area contributed by atoms with Crippen molar-refractivity contribution in [2.45, 2.75) is 24.5 Å². The quantitative estimate of drug-likeness (QED) is 0.608. The monoisotopic (exact) mass is 355 g/mol. The molecule has 0 spiro atoms. The first-order valence-corrected chi connectivity index (χ1v) is 7.43. The van der Waals surface area contributed by atoms with Gasteiger partial charge in [-0.15, -0.1) is 0 Å². The highest BCUT2D eigenvalue weighted by Gasteiger charge is 2.43. The molecule has 1 unspecified atom stereocenters. The molecular formula is C15H14ClNO7. The van der Waals surface area contributed by atoms with E-state index in [9.17, 15) is 30.0 Å². The van der Waals surface area contributed by atoms with Crippen molar-refractivity contribution < 1.29 is 30.0 Å². The van der Waals surface area contributed by atoms with Crippen LogP contribution >= 0.6 is 11.6 Å². The number of carbonyl (C=O) groups is 1. The molecular weight excluding hydrogens is 342 g/mol. The number of aliphatic hydroxyl groups excluding tert-OH is 3. The third-order valence-corrected chi connectivity index (χ3v) is 4.25. The van der Waals surface area contributed by atoms with E-state index in [1.807, 2.05) is 0 Å². The Balaban J connectivity index is 2.26. The minimum Gasteiger partial charge on any atom is -0.477 e. The zero-order valence-electron chi connectivity index (χ0n) is 12.2. The molecule has 1 aromatic heterocycles. The number of benzene rings is 1. The van der Waals surface area contributed by atoms with E-state index in [0.29, 0.717) is 0 Å². The van der Waals surface area contributed by atoms with E-state index < -0.39 is 48.1 Å². The Morgan fingerprint density at radius 3 is 2.58 bits per heavy atom. The van der Waals surface area contributed by atoms with Gasteiger partial charge in [0, 0.05) is 16.6 Å². The van der Waals surface area contributed by atoms with Gasteiger partial charge >= 0.3 is 5.97 Å². The van der Waals surface area contributed by atoms with Crippen LogP contribution in [0.3, 0.4) is 0 Å². The van der Waals surface area contributed by atoms with Gasteiger partial charge in [0.05, 0.1) is 12.1 Å². The second kappa shape index (κ2) is 6.15. The Morgan fingerprint density at radius 2 is 2.00 bits per heavy atom. The fourth-order valence-electron chi connectivity index (χ4n) is 2.80. The average molecular weight is 356 g/mol. The second-order valence-electron chi connectivity index (χ2n) is 5.47. The van der Waals surface area contributed by atoms with Crippen LogP contribution in [-0.4, -0.2) is 55.9 Å². The van der Waals surface area contributed by atoms with Crippen molar-refractivity contribution in [1.82, 2.24) is 4.57 Å². The molecule has 128 valence electrons. The van der Waals surface area contributed by atoms with Crippen LogP contribution in [0.1, 0.15) is 16.6 Å². The predicted octanol–water partition coefficient (Wildman–Crippen LogP) is -0.0354. The lowest BCUT2D eigenvalue weighted by molar-refractivity contribution is -0.0509. The van der Waals surface area contributed by atoms with Crippen molar-refractivity contribution in [3.63, 3.8) is 0 Å². The van der Waals surface area contributed by atoms with E-state index in [1.165, 1.54) is 22.8 Å². The summed E-state index contributed by atoms with van der Waals surface area (Å²) in [5.74, 6) is -1.44. The topological polar surface area (TPSA) is 129 Å². The maximum atomic E-state index is 12.3. The van der Waals surface area contributed by atoms with Crippen molar-refractivity contribution in [3.8, 4) is 0 Å². The molecule has 24 heavy (non-hydrogen) atoms. The third kappa shape index (κ3) is 2.58. The lowest BCUT2D eigenvalue weighted by Gasteiger charge is -2.21. The van der Waals surface area contributed by atoms with E-state index in [1.54, 1.807) is 0 Å². The molecule has 2 aromatic rings. The predicted molar refractivity (Wildman–Crippen MR) is 83.2 cm³/mol. The third-order valence-electron chi connectivity index (χ3n) is 4.02. The Hall–Kier alpha value is -1.97. The maximum Gasteiger partial charge on any atom is 0.341 e. The molecule has 0 amide bonds. The Labute approximate surface area is 140 Å². The lowest BCUT2D eigenvalue weighted by atomic mass is 10.1. The number of halogens is 1. The van der Waals surface area contributed by atoms with Gasteiger partial charge < -0.3 is 29.7 Å². The van der Waals surface area contributed by atoms with Gasteiger partial charge in [-0.1, -0.05) is 11.6 Å². The molecule has 1 fully saturated rings. The zero-order chi connectivity index (χ0) is 17.6. The van der Waals surface area contributed by atoms with Crippen LogP contribution in [0.5, 0.6) is 0 Å². The van der Waals surface area contributed by atoms with Crippen LogP contribution < -0.4 is 5.43 Å². The van der Waals surface area contributed by atoms with Crippen LogP contribution in [-0.2, 0) is 4.74 Å². The first kappa shape index (κ1) is 16.9. The summed E-state index contributed by atoms with van der Waals surface area (Å²) in [6, 6.07) is 4.31. The molecule has 1 aromatic carbocycles. The van der Waals surface area contributed by atoms with E-state index in [0.717, 1.165) is 6.20 Å². The van der Waals surface area contributed by atoms with Crippen molar-refractivity contribution in [3.05, 3.63) is 45.2 Å². The van der Waals surface area contributed by atoms with Crippen LogP contribution in [0, 0.1) is 0 Å². The molecule has 4 atom stereocenters. The highest BCUT2D eigenvalue weighted by molar-refractivity contribution is 6.31. The summed E-state index contributed by atoms with van der Waals surface area (Å²) in [6.45, 7) is -0.523. The number of nitrogens with zero attached hydrogens (tertiary/aromatic N) is 1. The summed E-state index contributed by atoms with van der Waals surface area (Å²) < 4.78 is 6.67. The van der Waals surface area contributed by atoms with Crippen molar-refractivity contribution >= 4 is 28.5 Å². The Bertz CT molecular complexity index is 865. The van der Waals surface area contributed by atoms with Crippen LogP contribution in [0.15, 0.2) is 29.2 Å². The van der Waals surface area contributed by atoms with Gasteiger partial charge in [0.1, 0.15) is 23.9 Å². The average Bonchev–Trinajstić information content (AvgIpc) is 2.83. The number of carboxylic acids is 1. The summed E-state index contributed by atoms with van der Waals surface area (Å²) >= 11 is 5.88. The summed E-state index contributed by atoms with van der Waals surface area (Å²) in [4.78, 5) is 23.7. The summed E-state index contributed by atoms with van der Waals surface area (Å²) in [7, 11) is 0. The molecule has 1 aliphatic heterocycles. The number of aromatic carboxylic acids is 1. The SMILES string of the molecule is O=C(O)c1cn(C2O[C@H](CO)[C@@H](O)[C@H]2O)c2ccc(Cl)cc2c1=O. The van der Waals surface area contributed by atoms with E-state index in [4.69, 9.17) is 16.3 Å². The Morgan fingerprint density at radius 1 is 1.29 bits per heavy atom. The molecule has 3 rings (SSSR count). The minimum atomic E-state index is -1.44. The van der Waals surface area contributed by atoms with Crippen LogP contribution in [0.2, 0.25) is 5.02 Å². The van der Waals surface area contributed by atoms with Gasteiger partial charge in [0.2, 0.25) is 5.43 Å². The summed E-state index contributed by atoms with van der Waals surface area (Å²) in [6.07, 6.45) is -3.92. The molecule has 0 bridgehead atoms. The molecule has 0 saturated carbocycles. The van der Waals surface area contributed by atoms with Gasteiger partial charge in [-0.2, -0.15) is 0 Å². The highest BCUT2D eigenvalue weighted by Crippen LogP contribution is 2.32. The highest BCUT2D eigenvalue weighted by atomic mass is 35.5. The second-order valence-corrected chi connectivity index (χ2v) is 5.91. The smallest absolute Gasteiger partial charge is 0.341 e. The van der Waals surface area contributed by atoms with Gasteiger partial charge in [0.25, 0.3) is 0 Å². The molecule has 0 radical (unpaired) electrons. The number of pyridine rings is 1. The maximum absolute atomic E-state index is 12.3. The minimum absolute atomic E-state index is 0.0418. The summed E-state index contributed by atoms with van der Waals surface area (Å²) in [5.41, 5.74) is -0.963. The number of carboxylic acid groups (broad SMARTS) is 1. The lowest BCUT2D eigenvalue weighted by Crippen LogP contribution is -2.33. The van der Waals surface area contributed by atoms with Crippen LogP contribution in [0.25, 0.3) is 10.9 Å². The van der Waals surface area contributed by atoms with E-state index in [-0.39, 0.29) is 15.9 Å².